The van der Waals surface area contributed by atoms with Crippen LogP contribution in [0.3, 0.4) is 0 Å². The molecule has 0 aromatic heterocycles. The van der Waals surface area contributed by atoms with E-state index in [1.54, 1.807) is 0 Å². The smallest absolute Gasteiger partial charge is 0.422 e. The standard InChI is InChI=1S/C2H10N6O2S2.HI/c1-10-2(9)4-6-12-8-7-11-5-3;/h5-8H,3H2,1H3,(H,4,9);1H. The largest absolute Gasteiger partial charge is 0.452 e. The lowest BCUT2D eigenvalue weighted by Crippen LogP contribution is -2.37. The lowest BCUT2D eigenvalue weighted by molar-refractivity contribution is 0.169. The van der Waals surface area contributed by atoms with Gasteiger partial charge >= 0.3 is 6.09 Å². The summed E-state index contributed by atoms with van der Waals surface area (Å²) in [5, 5.41) is 0. The van der Waals surface area contributed by atoms with Crippen LogP contribution in [0.4, 0.5) is 4.79 Å². The fourth-order valence-electron chi connectivity index (χ4n) is 0.215. The topological polar surface area (TPSA) is 112 Å². The average Bonchev–Trinajstić information content (AvgIpc) is 2.10. The molecule has 0 spiro atoms. The molecule has 0 saturated carbocycles. The summed E-state index contributed by atoms with van der Waals surface area (Å²) in [6.45, 7) is 0. The summed E-state index contributed by atoms with van der Waals surface area (Å²) >= 11 is 2.03. The quantitative estimate of drug-likeness (QED) is 0.121. The van der Waals surface area contributed by atoms with E-state index < -0.39 is 6.09 Å². The minimum Gasteiger partial charge on any atom is -0.452 e. The first-order chi connectivity index (χ1) is 5.81. The first kappa shape index (κ1) is 15.9. The molecule has 80 valence electrons. The van der Waals surface area contributed by atoms with Crippen LogP contribution >= 0.6 is 48.2 Å². The molecule has 0 aliphatic heterocycles. The van der Waals surface area contributed by atoms with Gasteiger partial charge in [-0.2, -0.15) is 19.3 Å². The predicted octanol–water partition coefficient (Wildman–Crippen LogP) is -0.851. The third-order valence-electron chi connectivity index (χ3n) is 0.592. The molecular weight excluding hydrogens is 331 g/mol. The molecule has 0 rings (SSSR count). The van der Waals surface area contributed by atoms with Gasteiger partial charge in [0.2, 0.25) is 0 Å². The number of methoxy groups -OCH3 is 1. The van der Waals surface area contributed by atoms with E-state index in [0.29, 0.717) is 0 Å². The van der Waals surface area contributed by atoms with Gasteiger partial charge in [0.15, 0.2) is 0 Å². The van der Waals surface area contributed by atoms with Crippen molar-refractivity contribution in [1.82, 2.24) is 24.8 Å². The zero-order valence-corrected chi connectivity index (χ0v) is 10.6. The van der Waals surface area contributed by atoms with Crippen LogP contribution in [-0.2, 0) is 4.74 Å². The summed E-state index contributed by atoms with van der Waals surface area (Å²) in [5.41, 5.74) is 2.20. The average molecular weight is 342 g/mol. The van der Waals surface area contributed by atoms with Crippen LogP contribution in [0, 0.1) is 0 Å². The van der Waals surface area contributed by atoms with Crippen molar-refractivity contribution >= 4 is 54.3 Å². The second-order valence-electron chi connectivity index (χ2n) is 1.24. The number of ether oxygens (including phenoxy) is 1. The number of nitrogens with one attached hydrogen (secondary N) is 5. The lowest BCUT2D eigenvalue weighted by atomic mass is 11.2. The summed E-state index contributed by atoms with van der Waals surface area (Å²) in [6.07, 6.45) is -0.575. The van der Waals surface area contributed by atoms with Crippen LogP contribution in [0.1, 0.15) is 0 Å². The molecule has 0 aliphatic rings. The molecule has 8 nitrogen and oxygen atoms in total. The number of carbonyl (C=O) groups excluding carboxylic acids is 1. The third kappa shape index (κ3) is 12.5. The van der Waals surface area contributed by atoms with Gasteiger partial charge in [0.25, 0.3) is 0 Å². The lowest BCUT2D eigenvalue weighted by Gasteiger charge is -2.05. The Morgan fingerprint density at radius 2 is 1.92 bits per heavy atom. The van der Waals surface area contributed by atoms with E-state index in [2.05, 4.69) is 29.5 Å². The maximum Gasteiger partial charge on any atom is 0.422 e. The SMILES string of the molecule is COC(=O)NNSNNSNN.I. The zero-order valence-electron chi connectivity index (χ0n) is 6.62. The number of rotatable bonds is 6. The first-order valence-electron chi connectivity index (χ1n) is 2.67. The third-order valence-corrected chi connectivity index (χ3v) is 1.45. The number of carbonyl (C=O) groups is 1. The summed E-state index contributed by atoms with van der Waals surface area (Å²) in [4.78, 5) is 20.2. The van der Waals surface area contributed by atoms with Gasteiger partial charge < -0.3 is 4.74 Å². The van der Waals surface area contributed by atoms with Crippen molar-refractivity contribution in [3.05, 3.63) is 0 Å². The minimum atomic E-state index is -0.575. The van der Waals surface area contributed by atoms with Gasteiger partial charge in [0, 0.05) is 24.3 Å². The van der Waals surface area contributed by atoms with E-state index in [-0.39, 0.29) is 24.0 Å². The highest BCUT2D eigenvalue weighted by Crippen LogP contribution is 1.82. The molecule has 0 heterocycles. The maximum absolute atomic E-state index is 10.4. The Balaban J connectivity index is 0. The fourth-order valence-corrected chi connectivity index (χ4v) is 0.793. The van der Waals surface area contributed by atoms with E-state index in [0.717, 1.165) is 24.3 Å². The molecule has 0 fully saturated rings. The van der Waals surface area contributed by atoms with E-state index in [1.807, 2.05) is 0 Å². The first-order valence-corrected chi connectivity index (χ1v) is 4.30. The van der Waals surface area contributed by atoms with Gasteiger partial charge in [0.1, 0.15) is 0 Å². The van der Waals surface area contributed by atoms with Crippen LogP contribution in [0.2, 0.25) is 0 Å². The Kier molecular flexibility index (Phi) is 15.3. The molecule has 0 saturated heterocycles. The highest BCUT2D eigenvalue weighted by molar-refractivity contribution is 14.0. The van der Waals surface area contributed by atoms with Crippen molar-refractivity contribution in [2.24, 2.45) is 5.84 Å². The maximum atomic E-state index is 10.4. The normalized spacial score (nSPS) is 8.77. The van der Waals surface area contributed by atoms with Crippen molar-refractivity contribution in [3.8, 4) is 0 Å². The summed E-state index contributed by atoms with van der Waals surface area (Å²) in [7, 11) is 1.27. The van der Waals surface area contributed by atoms with Crippen LogP contribution < -0.4 is 30.6 Å². The Morgan fingerprint density at radius 1 is 1.31 bits per heavy atom. The molecule has 11 heteroatoms. The van der Waals surface area contributed by atoms with Crippen molar-refractivity contribution < 1.29 is 9.53 Å². The van der Waals surface area contributed by atoms with E-state index >= 15 is 0 Å². The summed E-state index contributed by atoms with van der Waals surface area (Å²) in [5.74, 6) is 4.90. The molecule has 0 bridgehead atoms. The summed E-state index contributed by atoms with van der Waals surface area (Å²) < 4.78 is 4.27. The van der Waals surface area contributed by atoms with Crippen LogP contribution in [0.15, 0.2) is 0 Å². The molecule has 0 radical (unpaired) electrons. The Bertz CT molecular complexity index is 129. The molecule has 0 unspecified atom stereocenters. The van der Waals surface area contributed by atoms with E-state index in [4.69, 9.17) is 5.84 Å². The second-order valence-corrected chi connectivity index (χ2v) is 2.50. The molecule has 0 aromatic carbocycles. The molecule has 0 atom stereocenters. The Hall–Kier alpha value is 0.500. The highest BCUT2D eigenvalue weighted by Gasteiger charge is 1.94. The number of hydrogen-bond donors (Lipinski definition) is 6. The fraction of sp³-hybridized carbons (Fsp3) is 0.500. The molecule has 13 heavy (non-hydrogen) atoms. The van der Waals surface area contributed by atoms with Gasteiger partial charge in [-0.25, -0.2) is 10.2 Å². The highest BCUT2D eigenvalue weighted by atomic mass is 127. The van der Waals surface area contributed by atoms with Gasteiger partial charge in [-0.15, -0.1) is 24.0 Å². The Labute approximate surface area is 101 Å². The Morgan fingerprint density at radius 3 is 2.46 bits per heavy atom. The minimum absolute atomic E-state index is 0. The number of halogens is 1. The number of hydrogen-bond acceptors (Lipinski definition) is 9. The van der Waals surface area contributed by atoms with Crippen molar-refractivity contribution in [1.29, 1.82) is 0 Å². The molecule has 0 aliphatic carbocycles. The van der Waals surface area contributed by atoms with Gasteiger partial charge in [-0.3, -0.25) is 5.84 Å². The van der Waals surface area contributed by atoms with Gasteiger partial charge in [-0.1, -0.05) is 0 Å². The summed E-state index contributed by atoms with van der Waals surface area (Å²) in [6, 6.07) is 0. The van der Waals surface area contributed by atoms with Crippen LogP contribution in [0.5, 0.6) is 0 Å². The predicted molar refractivity (Wildman–Crippen MR) is 62.9 cm³/mol. The van der Waals surface area contributed by atoms with Crippen molar-refractivity contribution in [2.75, 3.05) is 7.11 Å². The van der Waals surface area contributed by atoms with E-state index in [9.17, 15) is 4.79 Å². The van der Waals surface area contributed by atoms with E-state index in [1.165, 1.54) is 7.11 Å². The molecular formula is C2H11IN6O2S2. The molecule has 7 N–H and O–H groups in total. The van der Waals surface area contributed by atoms with Crippen LogP contribution in [0.25, 0.3) is 0 Å². The van der Waals surface area contributed by atoms with Crippen LogP contribution in [-0.4, -0.2) is 13.2 Å². The van der Waals surface area contributed by atoms with Gasteiger partial charge in [0.05, 0.1) is 7.11 Å². The number of amides is 1. The van der Waals surface area contributed by atoms with Crippen molar-refractivity contribution in [2.45, 2.75) is 0 Å². The van der Waals surface area contributed by atoms with Gasteiger partial charge in [-0.05, 0) is 0 Å². The number of nitrogens with two attached hydrogens (primary N) is 1. The zero-order chi connectivity index (χ0) is 9.23. The monoisotopic (exact) mass is 342 g/mol. The second kappa shape index (κ2) is 12.5. The molecule has 1 amide bonds. The van der Waals surface area contributed by atoms with Crippen molar-refractivity contribution in [3.63, 3.8) is 0 Å². The number of hydrazine groups is 3. The molecule has 0 aromatic rings.